The van der Waals surface area contributed by atoms with Gasteiger partial charge in [0.2, 0.25) is 5.91 Å². The zero-order chi connectivity index (χ0) is 18.0. The van der Waals surface area contributed by atoms with Crippen molar-refractivity contribution in [3.8, 4) is 22.8 Å². The van der Waals surface area contributed by atoms with Gasteiger partial charge in [-0.3, -0.25) is 4.79 Å². The standard InChI is InChI=1S/C18H16N2O4S/c19-17(24)16(11-3-1-10(8-21)2-4-11)18-20-14(9-25-18)13-6-5-12(22)7-15(13)23/h1-7,9,16,21-23H,8H2,(H2,19,24). The Morgan fingerprint density at radius 2 is 1.88 bits per heavy atom. The van der Waals surface area contributed by atoms with Gasteiger partial charge in [-0.1, -0.05) is 24.3 Å². The third-order valence-electron chi connectivity index (χ3n) is 3.81. The molecule has 0 fully saturated rings. The van der Waals surface area contributed by atoms with Crippen LogP contribution in [0.15, 0.2) is 47.8 Å². The molecule has 1 atom stereocenters. The number of nitrogens with two attached hydrogens (primary N) is 1. The molecule has 1 amide bonds. The SMILES string of the molecule is NC(=O)C(c1ccc(CO)cc1)c1nc(-c2ccc(O)cc2O)cs1. The average Bonchev–Trinajstić information content (AvgIpc) is 3.04. The Morgan fingerprint density at radius 1 is 1.16 bits per heavy atom. The number of carbonyl (C=O) groups is 1. The molecule has 128 valence electrons. The normalized spacial score (nSPS) is 12.0. The van der Waals surface area contributed by atoms with Crippen molar-refractivity contribution in [2.24, 2.45) is 5.73 Å². The van der Waals surface area contributed by atoms with Gasteiger partial charge in [-0.25, -0.2) is 4.98 Å². The molecule has 0 aliphatic heterocycles. The molecule has 25 heavy (non-hydrogen) atoms. The summed E-state index contributed by atoms with van der Waals surface area (Å²) in [4.78, 5) is 16.4. The first-order chi connectivity index (χ1) is 12.0. The highest BCUT2D eigenvalue weighted by atomic mass is 32.1. The molecule has 0 saturated heterocycles. The van der Waals surface area contributed by atoms with Gasteiger partial charge in [-0.05, 0) is 23.3 Å². The molecule has 0 aliphatic rings. The monoisotopic (exact) mass is 356 g/mol. The number of amides is 1. The Morgan fingerprint density at radius 3 is 2.48 bits per heavy atom. The lowest BCUT2D eigenvalue weighted by molar-refractivity contribution is -0.118. The summed E-state index contributed by atoms with van der Waals surface area (Å²) in [5, 5.41) is 30.7. The summed E-state index contributed by atoms with van der Waals surface area (Å²) in [6, 6.07) is 11.2. The molecule has 2 aromatic carbocycles. The molecule has 0 aliphatic carbocycles. The number of hydrogen-bond donors (Lipinski definition) is 4. The van der Waals surface area contributed by atoms with Gasteiger partial charge in [-0.2, -0.15) is 0 Å². The summed E-state index contributed by atoms with van der Waals surface area (Å²) in [7, 11) is 0. The largest absolute Gasteiger partial charge is 0.508 e. The number of aliphatic hydroxyl groups excluding tert-OH is 1. The quantitative estimate of drug-likeness (QED) is 0.560. The lowest BCUT2D eigenvalue weighted by Crippen LogP contribution is -2.22. The molecule has 1 aromatic heterocycles. The minimum Gasteiger partial charge on any atom is -0.508 e. The van der Waals surface area contributed by atoms with E-state index < -0.39 is 11.8 Å². The molecule has 5 N–H and O–H groups in total. The Hall–Kier alpha value is -2.90. The second-order valence-corrected chi connectivity index (χ2v) is 6.40. The van der Waals surface area contributed by atoms with E-state index in [0.717, 1.165) is 5.56 Å². The van der Waals surface area contributed by atoms with Gasteiger partial charge < -0.3 is 21.1 Å². The smallest absolute Gasteiger partial charge is 0.231 e. The first-order valence-electron chi connectivity index (χ1n) is 7.46. The minimum atomic E-state index is -0.717. The molecule has 1 unspecified atom stereocenters. The van der Waals surface area contributed by atoms with Gasteiger partial charge in [0.1, 0.15) is 22.4 Å². The highest BCUT2D eigenvalue weighted by molar-refractivity contribution is 7.10. The Balaban J connectivity index is 1.98. The molecule has 6 nitrogen and oxygen atoms in total. The van der Waals surface area contributed by atoms with Crippen molar-refractivity contribution in [1.82, 2.24) is 4.98 Å². The van der Waals surface area contributed by atoms with Crippen LogP contribution in [-0.4, -0.2) is 26.2 Å². The highest BCUT2D eigenvalue weighted by Gasteiger charge is 2.24. The predicted molar refractivity (Wildman–Crippen MR) is 94.3 cm³/mol. The molecular formula is C18H16N2O4S. The third kappa shape index (κ3) is 3.47. The summed E-state index contributed by atoms with van der Waals surface area (Å²) in [6.45, 7) is -0.0803. The van der Waals surface area contributed by atoms with E-state index in [9.17, 15) is 15.0 Å². The number of aromatic hydroxyl groups is 2. The number of rotatable bonds is 5. The fourth-order valence-corrected chi connectivity index (χ4v) is 3.48. The topological polar surface area (TPSA) is 117 Å². The summed E-state index contributed by atoms with van der Waals surface area (Å²) in [5.74, 6) is -1.39. The fourth-order valence-electron chi connectivity index (χ4n) is 2.52. The Labute approximate surface area is 147 Å². The number of nitrogens with zero attached hydrogens (tertiary/aromatic N) is 1. The summed E-state index contributed by atoms with van der Waals surface area (Å²) in [5.41, 5.74) is 7.94. The zero-order valence-corrected chi connectivity index (χ0v) is 13.9. The van der Waals surface area contributed by atoms with E-state index in [0.29, 0.717) is 21.8 Å². The van der Waals surface area contributed by atoms with Crippen LogP contribution >= 0.6 is 11.3 Å². The maximum absolute atomic E-state index is 12.0. The Kier molecular flexibility index (Phi) is 4.69. The van der Waals surface area contributed by atoms with Crippen LogP contribution in [0.1, 0.15) is 22.1 Å². The van der Waals surface area contributed by atoms with Crippen LogP contribution in [0, 0.1) is 0 Å². The van der Waals surface area contributed by atoms with Crippen molar-refractivity contribution >= 4 is 17.2 Å². The number of phenols is 2. The van der Waals surface area contributed by atoms with Crippen molar-refractivity contribution in [2.45, 2.75) is 12.5 Å². The van der Waals surface area contributed by atoms with Crippen molar-refractivity contribution in [2.75, 3.05) is 0 Å². The average molecular weight is 356 g/mol. The molecule has 0 radical (unpaired) electrons. The molecule has 1 heterocycles. The molecular weight excluding hydrogens is 340 g/mol. The first-order valence-corrected chi connectivity index (χ1v) is 8.34. The summed E-state index contributed by atoms with van der Waals surface area (Å²) < 4.78 is 0. The van der Waals surface area contributed by atoms with Gasteiger partial charge in [-0.15, -0.1) is 11.3 Å². The van der Waals surface area contributed by atoms with E-state index in [1.807, 2.05) is 0 Å². The summed E-state index contributed by atoms with van der Waals surface area (Å²) in [6.07, 6.45) is 0. The second-order valence-electron chi connectivity index (χ2n) is 5.51. The van der Waals surface area contributed by atoms with E-state index in [1.54, 1.807) is 35.7 Å². The molecule has 0 spiro atoms. The summed E-state index contributed by atoms with van der Waals surface area (Å²) >= 11 is 1.26. The maximum atomic E-state index is 12.0. The number of primary amides is 1. The van der Waals surface area contributed by atoms with E-state index in [4.69, 9.17) is 10.8 Å². The van der Waals surface area contributed by atoms with E-state index in [1.165, 1.54) is 23.5 Å². The molecule has 3 rings (SSSR count). The van der Waals surface area contributed by atoms with Crippen LogP contribution in [-0.2, 0) is 11.4 Å². The predicted octanol–water partition coefficient (Wildman–Crippen LogP) is 2.33. The van der Waals surface area contributed by atoms with E-state index >= 15 is 0 Å². The zero-order valence-electron chi connectivity index (χ0n) is 13.1. The van der Waals surface area contributed by atoms with Gasteiger partial charge in [0.25, 0.3) is 0 Å². The van der Waals surface area contributed by atoms with Crippen LogP contribution in [0.25, 0.3) is 11.3 Å². The van der Waals surface area contributed by atoms with E-state index in [2.05, 4.69) is 4.98 Å². The number of aliphatic hydroxyl groups is 1. The van der Waals surface area contributed by atoms with Gasteiger partial charge in [0, 0.05) is 17.0 Å². The molecule has 0 bridgehead atoms. The number of hydrogen-bond acceptors (Lipinski definition) is 6. The first kappa shape index (κ1) is 16.9. The molecule has 7 heteroatoms. The van der Waals surface area contributed by atoms with Gasteiger partial charge in [0.05, 0.1) is 12.3 Å². The lowest BCUT2D eigenvalue weighted by atomic mass is 9.98. The number of benzene rings is 2. The van der Waals surface area contributed by atoms with Crippen molar-refractivity contribution in [3.05, 3.63) is 64.0 Å². The van der Waals surface area contributed by atoms with Crippen LogP contribution < -0.4 is 5.73 Å². The molecule has 0 saturated carbocycles. The van der Waals surface area contributed by atoms with Gasteiger partial charge in [0.15, 0.2) is 0 Å². The fraction of sp³-hybridized carbons (Fsp3) is 0.111. The number of thiazole rings is 1. The second kappa shape index (κ2) is 6.92. The van der Waals surface area contributed by atoms with E-state index in [-0.39, 0.29) is 18.1 Å². The number of carbonyl (C=O) groups excluding carboxylic acids is 1. The minimum absolute atomic E-state index is 0.0457. The van der Waals surface area contributed by atoms with Crippen LogP contribution in [0.4, 0.5) is 0 Å². The highest BCUT2D eigenvalue weighted by Crippen LogP contribution is 2.35. The van der Waals surface area contributed by atoms with Crippen LogP contribution in [0.2, 0.25) is 0 Å². The van der Waals surface area contributed by atoms with Crippen LogP contribution in [0.3, 0.4) is 0 Å². The van der Waals surface area contributed by atoms with Crippen LogP contribution in [0.5, 0.6) is 11.5 Å². The maximum Gasteiger partial charge on any atom is 0.231 e. The van der Waals surface area contributed by atoms with Crippen molar-refractivity contribution in [3.63, 3.8) is 0 Å². The lowest BCUT2D eigenvalue weighted by Gasteiger charge is -2.11. The number of phenolic OH excluding ortho intramolecular Hbond substituents is 2. The molecule has 3 aromatic rings. The van der Waals surface area contributed by atoms with Crippen molar-refractivity contribution in [1.29, 1.82) is 0 Å². The van der Waals surface area contributed by atoms with Gasteiger partial charge >= 0.3 is 0 Å². The Bertz CT molecular complexity index is 906. The van der Waals surface area contributed by atoms with Crippen molar-refractivity contribution < 1.29 is 20.1 Å². The third-order valence-corrected chi connectivity index (χ3v) is 4.72. The number of aromatic nitrogens is 1.